The summed E-state index contributed by atoms with van der Waals surface area (Å²) < 4.78 is 0. The van der Waals surface area contributed by atoms with Crippen molar-refractivity contribution in [2.75, 3.05) is 0 Å². The number of aryl methyl sites for hydroxylation is 2. The van der Waals surface area contributed by atoms with Crippen molar-refractivity contribution in [2.45, 2.75) is 41.5 Å². The lowest BCUT2D eigenvalue weighted by Gasteiger charge is -2.10. The second-order valence-corrected chi connectivity index (χ2v) is 6.27. The summed E-state index contributed by atoms with van der Waals surface area (Å²) in [7, 11) is 0. The van der Waals surface area contributed by atoms with Gasteiger partial charge in [-0.1, -0.05) is 125 Å². The molecule has 0 aliphatic heterocycles. The summed E-state index contributed by atoms with van der Waals surface area (Å²) in [4.78, 5) is 0. The molecule has 0 nitrogen and oxygen atoms in total. The van der Waals surface area contributed by atoms with E-state index in [0.717, 1.165) is 33.4 Å². The van der Waals surface area contributed by atoms with Crippen molar-refractivity contribution in [1.82, 2.24) is 0 Å². The van der Waals surface area contributed by atoms with Gasteiger partial charge in [-0.2, -0.15) is 0 Å². The van der Waals surface area contributed by atoms with Gasteiger partial charge >= 0.3 is 0 Å². The van der Waals surface area contributed by atoms with Crippen LogP contribution < -0.4 is 0 Å². The summed E-state index contributed by atoms with van der Waals surface area (Å²) in [5.41, 5.74) is 9.20. The molecule has 0 aliphatic rings. The highest BCUT2D eigenvalue weighted by Crippen LogP contribution is 2.26. The fourth-order valence-electron chi connectivity index (χ4n) is 2.72. The van der Waals surface area contributed by atoms with Crippen molar-refractivity contribution >= 4 is 11.1 Å². The smallest absolute Gasteiger partial charge is 0.0183 e. The first-order valence-electron chi connectivity index (χ1n) is 10.2. The Morgan fingerprint density at radius 2 is 0.607 bits per heavy atom. The summed E-state index contributed by atoms with van der Waals surface area (Å²) in [6.45, 7) is 20.7. The molecule has 3 aromatic carbocycles. The maximum atomic E-state index is 4.24. The monoisotopic (exact) mass is 370 g/mol. The zero-order valence-corrected chi connectivity index (χ0v) is 18.3. The molecule has 0 aliphatic carbocycles. The van der Waals surface area contributed by atoms with Crippen molar-refractivity contribution in [3.05, 3.63) is 119 Å². The largest absolute Gasteiger partial charge is 0.0906 e. The highest BCUT2D eigenvalue weighted by Gasteiger charge is 2.05. The molecule has 0 spiro atoms. The average molecular weight is 371 g/mol. The summed E-state index contributed by atoms with van der Waals surface area (Å²) in [5.74, 6) is 0. The number of hydrogen-bond donors (Lipinski definition) is 0. The Morgan fingerprint density at radius 1 is 0.429 bits per heavy atom. The standard InChI is InChI=1S/C24H22.2C2H6/c1-17-5-9-21(10-6-17)19(3)23-13-15-24(16-14-23)20(4)22-11-7-18(2)8-12-22;2*1-2/h5-16H,3-4H2,1-2H3;2*1-2H3. The molecular weight excluding hydrogens is 336 g/mol. The third kappa shape index (κ3) is 6.09. The van der Waals surface area contributed by atoms with Gasteiger partial charge in [0.1, 0.15) is 0 Å². The maximum Gasteiger partial charge on any atom is -0.0183 e. The highest BCUT2D eigenvalue weighted by atomic mass is 14.1. The number of hydrogen-bond acceptors (Lipinski definition) is 0. The lowest BCUT2D eigenvalue weighted by molar-refractivity contribution is 1.44. The van der Waals surface area contributed by atoms with E-state index in [1.54, 1.807) is 0 Å². The van der Waals surface area contributed by atoms with Gasteiger partial charge in [-0.05, 0) is 47.2 Å². The maximum absolute atomic E-state index is 4.24. The fraction of sp³-hybridized carbons (Fsp3) is 0.214. The highest BCUT2D eigenvalue weighted by molar-refractivity contribution is 5.82. The molecule has 0 atom stereocenters. The molecule has 146 valence electrons. The van der Waals surface area contributed by atoms with Crippen molar-refractivity contribution in [2.24, 2.45) is 0 Å². The summed E-state index contributed by atoms with van der Waals surface area (Å²) >= 11 is 0. The fourth-order valence-corrected chi connectivity index (χ4v) is 2.72. The normalized spacial score (nSPS) is 9.36. The Bertz CT molecular complexity index is 784. The van der Waals surface area contributed by atoms with Gasteiger partial charge in [0.05, 0.1) is 0 Å². The van der Waals surface area contributed by atoms with Crippen LogP contribution in [0, 0.1) is 13.8 Å². The third-order valence-corrected chi connectivity index (χ3v) is 4.38. The van der Waals surface area contributed by atoms with E-state index >= 15 is 0 Å². The van der Waals surface area contributed by atoms with E-state index in [9.17, 15) is 0 Å². The minimum Gasteiger partial charge on any atom is -0.0906 e. The molecule has 0 aromatic heterocycles. The van der Waals surface area contributed by atoms with Crippen LogP contribution in [0.5, 0.6) is 0 Å². The SMILES string of the molecule is C=C(c1ccc(C)cc1)c1ccc(C(=C)c2ccc(C)cc2)cc1.CC.CC. The zero-order valence-electron chi connectivity index (χ0n) is 18.3. The van der Waals surface area contributed by atoms with Gasteiger partial charge in [0.25, 0.3) is 0 Å². The van der Waals surface area contributed by atoms with Crippen LogP contribution in [-0.4, -0.2) is 0 Å². The lowest BCUT2D eigenvalue weighted by Crippen LogP contribution is -1.90. The van der Waals surface area contributed by atoms with Crippen molar-refractivity contribution in [3.63, 3.8) is 0 Å². The van der Waals surface area contributed by atoms with Gasteiger partial charge in [-0.25, -0.2) is 0 Å². The second-order valence-electron chi connectivity index (χ2n) is 6.27. The predicted octanol–water partition coefficient (Wildman–Crippen LogP) is 8.48. The van der Waals surface area contributed by atoms with Crippen LogP contribution in [0.2, 0.25) is 0 Å². The van der Waals surface area contributed by atoms with Gasteiger partial charge in [0.15, 0.2) is 0 Å². The Balaban J connectivity index is 0.000000921. The molecule has 3 rings (SSSR count). The van der Waals surface area contributed by atoms with Crippen molar-refractivity contribution in [1.29, 1.82) is 0 Å². The molecule has 0 amide bonds. The van der Waals surface area contributed by atoms with Crippen molar-refractivity contribution in [3.8, 4) is 0 Å². The summed E-state index contributed by atoms with van der Waals surface area (Å²) in [5, 5.41) is 0. The minimum atomic E-state index is 1.04. The Hall–Kier alpha value is -2.86. The van der Waals surface area contributed by atoms with Gasteiger partial charge < -0.3 is 0 Å². The van der Waals surface area contributed by atoms with E-state index in [0.29, 0.717) is 0 Å². The second kappa shape index (κ2) is 11.8. The van der Waals surface area contributed by atoms with Crippen LogP contribution in [0.3, 0.4) is 0 Å². The molecule has 0 saturated heterocycles. The molecule has 28 heavy (non-hydrogen) atoms. The van der Waals surface area contributed by atoms with Gasteiger partial charge in [-0.3, -0.25) is 0 Å². The first-order chi connectivity index (χ1) is 13.5. The number of rotatable bonds is 4. The van der Waals surface area contributed by atoms with Gasteiger partial charge in [0, 0.05) is 0 Å². The molecule has 0 radical (unpaired) electrons. The van der Waals surface area contributed by atoms with Crippen LogP contribution in [-0.2, 0) is 0 Å². The molecule has 0 heterocycles. The Morgan fingerprint density at radius 3 is 0.821 bits per heavy atom. The Kier molecular flexibility index (Phi) is 9.74. The first kappa shape index (κ1) is 23.2. The molecule has 0 unspecified atom stereocenters. The zero-order chi connectivity index (χ0) is 21.1. The van der Waals surface area contributed by atoms with Crippen LogP contribution in [0.4, 0.5) is 0 Å². The van der Waals surface area contributed by atoms with Crippen LogP contribution in [0.15, 0.2) is 86.0 Å². The lowest BCUT2D eigenvalue weighted by atomic mass is 9.94. The summed E-state index contributed by atoms with van der Waals surface area (Å²) in [6, 6.07) is 25.5. The average Bonchev–Trinajstić information content (AvgIpc) is 2.77. The third-order valence-electron chi connectivity index (χ3n) is 4.38. The van der Waals surface area contributed by atoms with E-state index in [2.05, 4.69) is 99.8 Å². The molecule has 0 N–H and O–H groups in total. The van der Waals surface area contributed by atoms with Crippen LogP contribution >= 0.6 is 0 Å². The Labute approximate surface area is 172 Å². The topological polar surface area (TPSA) is 0 Å². The van der Waals surface area contributed by atoms with E-state index < -0.39 is 0 Å². The molecule has 0 saturated carbocycles. The van der Waals surface area contributed by atoms with E-state index in [4.69, 9.17) is 0 Å². The molecule has 0 bridgehead atoms. The molecule has 0 heteroatoms. The quantitative estimate of drug-likeness (QED) is 0.432. The first-order valence-corrected chi connectivity index (χ1v) is 10.2. The van der Waals surface area contributed by atoms with E-state index in [1.165, 1.54) is 11.1 Å². The van der Waals surface area contributed by atoms with E-state index in [-0.39, 0.29) is 0 Å². The van der Waals surface area contributed by atoms with Crippen LogP contribution in [0.25, 0.3) is 11.1 Å². The predicted molar refractivity (Wildman–Crippen MR) is 128 cm³/mol. The molecular formula is C28H34. The van der Waals surface area contributed by atoms with Gasteiger partial charge in [-0.15, -0.1) is 0 Å². The van der Waals surface area contributed by atoms with Crippen LogP contribution in [0.1, 0.15) is 61.1 Å². The van der Waals surface area contributed by atoms with E-state index in [1.807, 2.05) is 27.7 Å². The molecule has 3 aromatic rings. The van der Waals surface area contributed by atoms with Gasteiger partial charge in [0.2, 0.25) is 0 Å². The summed E-state index contributed by atoms with van der Waals surface area (Å²) in [6.07, 6.45) is 0. The molecule has 0 fully saturated rings. The number of benzene rings is 3. The minimum absolute atomic E-state index is 1.04. The van der Waals surface area contributed by atoms with Crippen molar-refractivity contribution < 1.29 is 0 Å².